The average molecular weight is 366 g/mol. The summed E-state index contributed by atoms with van der Waals surface area (Å²) in [5.74, 6) is 0. The van der Waals surface area contributed by atoms with Crippen LogP contribution >= 0.6 is 0 Å². The van der Waals surface area contributed by atoms with E-state index in [1.807, 2.05) is 0 Å². The van der Waals surface area contributed by atoms with E-state index < -0.39 is 0 Å². The molecule has 0 amide bonds. The van der Waals surface area contributed by atoms with Gasteiger partial charge in [-0.2, -0.15) is 0 Å². The molecule has 0 radical (unpaired) electrons. The molecular formula is C27H27N. The number of fused-ring (bicyclic) bond motifs is 3. The highest BCUT2D eigenvalue weighted by Gasteiger charge is 2.39. The Morgan fingerprint density at radius 2 is 1.75 bits per heavy atom. The van der Waals surface area contributed by atoms with Crippen molar-refractivity contribution in [2.75, 3.05) is 0 Å². The predicted molar refractivity (Wildman–Crippen MR) is 119 cm³/mol. The van der Waals surface area contributed by atoms with Gasteiger partial charge in [-0.3, -0.25) is 0 Å². The maximum atomic E-state index is 3.86. The van der Waals surface area contributed by atoms with E-state index in [-0.39, 0.29) is 5.41 Å². The van der Waals surface area contributed by atoms with Crippen molar-refractivity contribution in [3.8, 4) is 0 Å². The van der Waals surface area contributed by atoms with Crippen LogP contribution in [0.25, 0.3) is 11.1 Å². The van der Waals surface area contributed by atoms with Gasteiger partial charge in [-0.05, 0) is 58.7 Å². The first-order valence-corrected chi connectivity index (χ1v) is 10.4. The van der Waals surface area contributed by atoms with E-state index in [0.717, 1.165) is 19.3 Å². The van der Waals surface area contributed by atoms with Crippen molar-refractivity contribution in [1.29, 1.82) is 0 Å². The molecule has 2 aromatic carbocycles. The van der Waals surface area contributed by atoms with Crippen LogP contribution in [0, 0.1) is 0 Å². The van der Waals surface area contributed by atoms with Gasteiger partial charge < -0.3 is 5.32 Å². The molecule has 2 aromatic rings. The monoisotopic (exact) mass is 365 g/mol. The van der Waals surface area contributed by atoms with Crippen LogP contribution in [0.5, 0.6) is 0 Å². The number of allylic oxidation sites excluding steroid dienone is 5. The molecule has 3 aliphatic carbocycles. The fraction of sp³-hybridized carbons (Fsp3) is 0.259. The van der Waals surface area contributed by atoms with Crippen molar-refractivity contribution < 1.29 is 0 Å². The van der Waals surface area contributed by atoms with Crippen LogP contribution in [0.15, 0.2) is 90.2 Å². The van der Waals surface area contributed by atoms with E-state index in [0.29, 0.717) is 6.04 Å². The zero-order valence-electron chi connectivity index (χ0n) is 16.7. The van der Waals surface area contributed by atoms with Crippen molar-refractivity contribution in [3.05, 3.63) is 107 Å². The topological polar surface area (TPSA) is 12.0 Å². The third-order valence-electron chi connectivity index (χ3n) is 6.43. The summed E-state index contributed by atoms with van der Waals surface area (Å²) in [4.78, 5) is 0. The average Bonchev–Trinajstić information content (AvgIpc) is 2.96. The van der Waals surface area contributed by atoms with Crippen molar-refractivity contribution >= 4 is 11.1 Å². The maximum absolute atomic E-state index is 3.86. The second-order valence-corrected chi connectivity index (χ2v) is 8.55. The third-order valence-corrected chi connectivity index (χ3v) is 6.43. The van der Waals surface area contributed by atoms with Crippen LogP contribution < -0.4 is 5.32 Å². The highest BCUT2D eigenvalue weighted by Crippen LogP contribution is 2.51. The van der Waals surface area contributed by atoms with Crippen molar-refractivity contribution in [2.24, 2.45) is 0 Å². The molecule has 0 fully saturated rings. The molecular weight excluding hydrogens is 338 g/mol. The summed E-state index contributed by atoms with van der Waals surface area (Å²) in [6.07, 6.45) is 12.7. The smallest absolute Gasteiger partial charge is 0.0485 e. The molecule has 1 atom stereocenters. The van der Waals surface area contributed by atoms with Crippen LogP contribution in [0.4, 0.5) is 0 Å². The minimum atomic E-state index is 0.0713. The Kier molecular flexibility index (Phi) is 4.12. The molecule has 0 aromatic heterocycles. The van der Waals surface area contributed by atoms with Crippen LogP contribution in [0.2, 0.25) is 0 Å². The first kappa shape index (κ1) is 17.3. The summed E-state index contributed by atoms with van der Waals surface area (Å²) in [5, 5.41) is 3.86. The number of benzene rings is 2. The maximum Gasteiger partial charge on any atom is 0.0485 e. The summed E-state index contributed by atoms with van der Waals surface area (Å²) in [6, 6.07) is 20.0. The Hall–Kier alpha value is -2.80. The Bertz CT molecular complexity index is 1030. The molecule has 1 heteroatoms. The molecule has 0 heterocycles. The number of hydrogen-bond acceptors (Lipinski definition) is 1. The summed E-state index contributed by atoms with van der Waals surface area (Å²) in [6.45, 7) is 4.71. The van der Waals surface area contributed by atoms with E-state index in [1.54, 1.807) is 0 Å². The molecule has 0 bridgehead atoms. The lowest BCUT2D eigenvalue weighted by Crippen LogP contribution is -2.30. The predicted octanol–water partition coefficient (Wildman–Crippen LogP) is 6.41. The van der Waals surface area contributed by atoms with Crippen LogP contribution in [-0.4, -0.2) is 6.04 Å². The summed E-state index contributed by atoms with van der Waals surface area (Å²) in [7, 11) is 0. The number of rotatable bonds is 3. The second kappa shape index (κ2) is 6.67. The van der Waals surface area contributed by atoms with E-state index in [4.69, 9.17) is 0 Å². The summed E-state index contributed by atoms with van der Waals surface area (Å²) < 4.78 is 0. The van der Waals surface area contributed by atoms with Gasteiger partial charge in [0.05, 0.1) is 0 Å². The molecule has 1 N–H and O–H groups in total. The molecule has 3 aliphatic rings. The van der Waals surface area contributed by atoms with E-state index in [1.165, 1.54) is 39.1 Å². The molecule has 1 nitrogen and oxygen atoms in total. The van der Waals surface area contributed by atoms with Gasteiger partial charge in [-0.25, -0.2) is 0 Å². The van der Waals surface area contributed by atoms with E-state index >= 15 is 0 Å². The highest BCUT2D eigenvalue weighted by atomic mass is 14.9. The van der Waals surface area contributed by atoms with Crippen LogP contribution in [0.3, 0.4) is 0 Å². The Balaban J connectivity index is 1.48. The minimum Gasteiger partial charge on any atom is -0.378 e. The molecule has 28 heavy (non-hydrogen) atoms. The molecule has 5 rings (SSSR count). The zero-order chi connectivity index (χ0) is 19.1. The van der Waals surface area contributed by atoms with Gasteiger partial charge in [0.15, 0.2) is 0 Å². The van der Waals surface area contributed by atoms with Gasteiger partial charge in [-0.1, -0.05) is 86.7 Å². The van der Waals surface area contributed by atoms with Gasteiger partial charge in [0, 0.05) is 17.2 Å². The molecule has 1 unspecified atom stereocenters. The quantitative estimate of drug-likeness (QED) is 0.662. The highest BCUT2D eigenvalue weighted by molar-refractivity contribution is 5.90. The lowest BCUT2D eigenvalue weighted by molar-refractivity contribution is 0.624. The second-order valence-electron chi connectivity index (χ2n) is 8.55. The lowest BCUT2D eigenvalue weighted by atomic mass is 9.79. The van der Waals surface area contributed by atoms with Crippen LogP contribution in [0.1, 0.15) is 49.8 Å². The van der Waals surface area contributed by atoms with Crippen molar-refractivity contribution in [2.45, 2.75) is 44.6 Å². The van der Waals surface area contributed by atoms with Crippen LogP contribution in [-0.2, 0) is 5.41 Å². The normalized spacial score (nSPS) is 22.3. The van der Waals surface area contributed by atoms with E-state index in [9.17, 15) is 0 Å². The first-order chi connectivity index (χ1) is 13.6. The lowest BCUT2D eigenvalue weighted by Gasteiger charge is -2.29. The molecule has 0 saturated carbocycles. The Labute approximate surface area is 168 Å². The SMILES string of the molecule is CC1(C)C2=CC(NC3=C(c4ccccc4)CCC=C3)CC=C2c2ccccc21. The first-order valence-electron chi connectivity index (χ1n) is 10.4. The molecule has 0 saturated heterocycles. The van der Waals surface area contributed by atoms with Crippen molar-refractivity contribution in [1.82, 2.24) is 5.32 Å². The van der Waals surface area contributed by atoms with Crippen molar-refractivity contribution in [3.63, 3.8) is 0 Å². The summed E-state index contributed by atoms with van der Waals surface area (Å²) in [5.41, 5.74) is 9.90. The fourth-order valence-electron chi connectivity index (χ4n) is 4.96. The summed E-state index contributed by atoms with van der Waals surface area (Å²) >= 11 is 0. The van der Waals surface area contributed by atoms with Gasteiger partial charge in [-0.15, -0.1) is 0 Å². The molecule has 140 valence electrons. The largest absolute Gasteiger partial charge is 0.378 e. The zero-order valence-corrected chi connectivity index (χ0v) is 16.7. The Morgan fingerprint density at radius 1 is 0.964 bits per heavy atom. The minimum absolute atomic E-state index is 0.0713. The number of hydrogen-bond donors (Lipinski definition) is 1. The van der Waals surface area contributed by atoms with Gasteiger partial charge in [0.25, 0.3) is 0 Å². The van der Waals surface area contributed by atoms with Gasteiger partial charge >= 0.3 is 0 Å². The number of nitrogens with one attached hydrogen (secondary N) is 1. The van der Waals surface area contributed by atoms with Gasteiger partial charge in [0.2, 0.25) is 0 Å². The molecule has 0 spiro atoms. The fourth-order valence-corrected chi connectivity index (χ4v) is 4.96. The molecule has 0 aliphatic heterocycles. The standard InChI is InChI=1S/C27H27N/c1-27(2)24-14-8-6-13-22(24)23-17-16-20(18-25(23)27)28-26-15-9-7-12-21(26)19-10-4-3-5-11-19/h3-6,8-11,13-15,17-18,20,28H,7,12,16H2,1-2H3. The van der Waals surface area contributed by atoms with E-state index in [2.05, 4.69) is 98.1 Å². The Morgan fingerprint density at radius 3 is 2.61 bits per heavy atom. The third kappa shape index (κ3) is 2.77. The van der Waals surface area contributed by atoms with Gasteiger partial charge in [0.1, 0.15) is 0 Å².